The van der Waals surface area contributed by atoms with Gasteiger partial charge in [0.15, 0.2) is 0 Å². The summed E-state index contributed by atoms with van der Waals surface area (Å²) >= 11 is 8.97. The molecule has 3 N–H and O–H groups in total. The molecule has 7 heteroatoms. The lowest BCUT2D eigenvalue weighted by atomic mass is 10.1. The number of halogens is 3. The summed E-state index contributed by atoms with van der Waals surface area (Å²) < 4.78 is 13.8. The molecule has 0 aliphatic carbocycles. The molecule has 104 valence electrons. The molecule has 4 nitrogen and oxygen atoms in total. The maximum absolute atomic E-state index is 13.5. The quantitative estimate of drug-likeness (QED) is 0.858. The fraction of sp³-hybridized carbons (Fsp3) is 0.0769. The summed E-state index contributed by atoms with van der Waals surface area (Å²) in [5, 5.41) is 2.77. The summed E-state index contributed by atoms with van der Waals surface area (Å²) in [7, 11) is 0. The molecule has 0 unspecified atom stereocenters. The minimum Gasteiger partial charge on any atom is -0.384 e. The van der Waals surface area contributed by atoms with Crippen molar-refractivity contribution in [3.05, 3.63) is 50.8 Å². The van der Waals surface area contributed by atoms with E-state index in [0.29, 0.717) is 15.7 Å². The predicted octanol–water partition coefficient (Wildman–Crippen LogP) is 3.78. The van der Waals surface area contributed by atoms with Gasteiger partial charge in [-0.15, -0.1) is 0 Å². The average molecular weight is 359 g/mol. The molecule has 0 radical (unpaired) electrons. The van der Waals surface area contributed by atoms with Gasteiger partial charge in [0.2, 0.25) is 0 Å². The van der Waals surface area contributed by atoms with Crippen molar-refractivity contribution in [1.82, 2.24) is 4.98 Å². The summed E-state index contributed by atoms with van der Waals surface area (Å²) in [6.45, 7) is 1.75. The highest BCUT2D eigenvalue weighted by Gasteiger charge is 2.14. The lowest BCUT2D eigenvalue weighted by molar-refractivity contribution is 0.102. The number of nitrogen functional groups attached to an aromatic ring is 1. The van der Waals surface area contributed by atoms with Crippen LogP contribution < -0.4 is 11.1 Å². The number of hydrogen-bond donors (Lipinski definition) is 2. The van der Waals surface area contributed by atoms with Gasteiger partial charge in [0.25, 0.3) is 5.91 Å². The molecular formula is C13H10BrClFN3O. The molecule has 0 saturated heterocycles. The number of nitrogens with zero attached hydrogens (tertiary/aromatic N) is 1. The molecule has 0 aliphatic rings. The van der Waals surface area contributed by atoms with E-state index in [1.165, 1.54) is 18.3 Å². The van der Waals surface area contributed by atoms with Crippen LogP contribution in [0.1, 0.15) is 15.9 Å². The highest BCUT2D eigenvalue weighted by atomic mass is 79.9. The Morgan fingerprint density at radius 3 is 2.85 bits per heavy atom. The minimum absolute atomic E-state index is 0.173. The molecule has 2 rings (SSSR count). The van der Waals surface area contributed by atoms with Gasteiger partial charge in [-0.25, -0.2) is 9.37 Å². The zero-order chi connectivity index (χ0) is 14.9. The molecule has 20 heavy (non-hydrogen) atoms. The van der Waals surface area contributed by atoms with Crippen LogP contribution >= 0.6 is 27.5 Å². The van der Waals surface area contributed by atoms with Gasteiger partial charge in [-0.3, -0.25) is 4.79 Å². The molecule has 1 heterocycles. The molecule has 0 bridgehead atoms. The van der Waals surface area contributed by atoms with Gasteiger partial charge in [0, 0.05) is 11.9 Å². The average Bonchev–Trinajstić information content (AvgIpc) is 2.38. The number of aryl methyl sites for hydroxylation is 1. The third-order valence-corrected chi connectivity index (χ3v) is 3.55. The first-order chi connectivity index (χ1) is 9.38. The Balaban J connectivity index is 2.32. The van der Waals surface area contributed by atoms with Crippen LogP contribution in [0.15, 0.2) is 28.9 Å². The first kappa shape index (κ1) is 14.7. The Kier molecular flexibility index (Phi) is 4.25. The summed E-state index contributed by atoms with van der Waals surface area (Å²) in [6, 6.07) is 4.17. The van der Waals surface area contributed by atoms with E-state index < -0.39 is 11.7 Å². The molecule has 0 aliphatic heterocycles. The van der Waals surface area contributed by atoms with E-state index >= 15 is 0 Å². The number of rotatable bonds is 2. The summed E-state index contributed by atoms with van der Waals surface area (Å²) in [5.74, 6) is -0.765. The first-order valence-electron chi connectivity index (χ1n) is 5.56. The van der Waals surface area contributed by atoms with E-state index in [2.05, 4.69) is 26.2 Å². The molecule has 0 atom stereocenters. The second-order valence-corrected chi connectivity index (χ2v) is 5.39. The standard InChI is InChI=1S/C13H10BrClFN3O/c1-6-2-8(14)10(16)4-11(6)19-13(20)7-3-12(17)18-5-9(7)15/h2-5H,1H3,(H2,17,18)(H,19,20). The Hall–Kier alpha value is -1.66. The monoisotopic (exact) mass is 357 g/mol. The molecule has 1 aromatic heterocycles. The Labute approximate surface area is 128 Å². The van der Waals surface area contributed by atoms with E-state index in [-0.39, 0.29) is 16.4 Å². The number of amides is 1. The van der Waals surface area contributed by atoms with Crippen LogP contribution in [0.5, 0.6) is 0 Å². The van der Waals surface area contributed by atoms with Crippen molar-refractivity contribution in [3.63, 3.8) is 0 Å². The zero-order valence-electron chi connectivity index (χ0n) is 10.4. The van der Waals surface area contributed by atoms with Crippen molar-refractivity contribution in [2.45, 2.75) is 6.92 Å². The highest BCUT2D eigenvalue weighted by molar-refractivity contribution is 9.10. The van der Waals surface area contributed by atoms with Crippen molar-refractivity contribution in [2.24, 2.45) is 0 Å². The number of hydrogen-bond acceptors (Lipinski definition) is 3. The van der Waals surface area contributed by atoms with Crippen molar-refractivity contribution in [1.29, 1.82) is 0 Å². The number of nitrogens with two attached hydrogens (primary N) is 1. The van der Waals surface area contributed by atoms with Crippen LogP contribution in [0.3, 0.4) is 0 Å². The van der Waals surface area contributed by atoms with Gasteiger partial charge >= 0.3 is 0 Å². The van der Waals surface area contributed by atoms with E-state index in [1.54, 1.807) is 13.0 Å². The zero-order valence-corrected chi connectivity index (χ0v) is 12.7. The number of pyridine rings is 1. The highest BCUT2D eigenvalue weighted by Crippen LogP contribution is 2.25. The van der Waals surface area contributed by atoms with E-state index in [4.69, 9.17) is 17.3 Å². The normalized spacial score (nSPS) is 10.4. The van der Waals surface area contributed by atoms with E-state index in [1.807, 2.05) is 0 Å². The summed E-state index contributed by atoms with van der Waals surface area (Å²) in [6.07, 6.45) is 1.29. The van der Waals surface area contributed by atoms with E-state index in [9.17, 15) is 9.18 Å². The minimum atomic E-state index is -0.478. The maximum Gasteiger partial charge on any atom is 0.257 e. The number of nitrogens with one attached hydrogen (secondary N) is 1. The largest absolute Gasteiger partial charge is 0.384 e. The second-order valence-electron chi connectivity index (χ2n) is 4.12. The van der Waals surface area contributed by atoms with Gasteiger partial charge in [-0.2, -0.15) is 0 Å². The molecule has 2 aromatic rings. The second kappa shape index (κ2) is 5.76. The van der Waals surface area contributed by atoms with Crippen LogP contribution in [0.25, 0.3) is 0 Å². The smallest absolute Gasteiger partial charge is 0.257 e. The van der Waals surface area contributed by atoms with E-state index in [0.717, 1.165) is 0 Å². The van der Waals surface area contributed by atoms with Crippen molar-refractivity contribution in [3.8, 4) is 0 Å². The molecule has 0 saturated carbocycles. The lowest BCUT2D eigenvalue weighted by Gasteiger charge is -2.10. The van der Waals surface area contributed by atoms with Crippen LogP contribution in [0.4, 0.5) is 15.9 Å². The van der Waals surface area contributed by atoms with Crippen LogP contribution in [-0.2, 0) is 0 Å². The number of aromatic nitrogens is 1. The van der Waals surface area contributed by atoms with Gasteiger partial charge < -0.3 is 11.1 Å². The molecule has 0 spiro atoms. The van der Waals surface area contributed by atoms with Gasteiger partial charge in [-0.1, -0.05) is 11.6 Å². The number of carbonyl (C=O) groups is 1. The van der Waals surface area contributed by atoms with Crippen molar-refractivity contribution in [2.75, 3.05) is 11.1 Å². The SMILES string of the molecule is Cc1cc(Br)c(F)cc1NC(=O)c1cc(N)ncc1Cl. The number of benzene rings is 1. The van der Waals surface area contributed by atoms with Crippen LogP contribution in [0, 0.1) is 12.7 Å². The maximum atomic E-state index is 13.5. The Morgan fingerprint density at radius 2 is 2.15 bits per heavy atom. The Bertz CT molecular complexity index is 694. The van der Waals surface area contributed by atoms with Gasteiger partial charge in [0.1, 0.15) is 11.6 Å². The third kappa shape index (κ3) is 3.08. The van der Waals surface area contributed by atoms with Crippen molar-refractivity contribution < 1.29 is 9.18 Å². The third-order valence-electron chi connectivity index (χ3n) is 2.64. The van der Waals surface area contributed by atoms with Gasteiger partial charge in [-0.05, 0) is 46.6 Å². The van der Waals surface area contributed by atoms with Crippen molar-refractivity contribution >= 4 is 44.9 Å². The molecule has 0 fully saturated rings. The number of carbonyl (C=O) groups excluding carboxylic acids is 1. The fourth-order valence-corrected chi connectivity index (χ4v) is 2.25. The number of anilines is 2. The molecule has 1 amide bonds. The Morgan fingerprint density at radius 1 is 1.45 bits per heavy atom. The van der Waals surface area contributed by atoms with Crippen LogP contribution in [-0.4, -0.2) is 10.9 Å². The summed E-state index contributed by atoms with van der Waals surface area (Å²) in [4.78, 5) is 15.9. The fourth-order valence-electron chi connectivity index (χ4n) is 1.60. The van der Waals surface area contributed by atoms with Gasteiger partial charge in [0.05, 0.1) is 15.1 Å². The summed E-state index contributed by atoms with van der Waals surface area (Å²) in [5.41, 5.74) is 6.77. The molecule has 1 aromatic carbocycles. The topological polar surface area (TPSA) is 68.0 Å². The first-order valence-corrected chi connectivity index (χ1v) is 6.73. The lowest BCUT2D eigenvalue weighted by Crippen LogP contribution is -2.14. The van der Waals surface area contributed by atoms with Crippen LogP contribution in [0.2, 0.25) is 5.02 Å². The molecular weight excluding hydrogens is 349 g/mol. The predicted molar refractivity (Wildman–Crippen MR) is 80.4 cm³/mol.